The summed E-state index contributed by atoms with van der Waals surface area (Å²) in [5.41, 5.74) is 8.34. The molecule has 0 unspecified atom stereocenters. The zero-order valence-electron chi connectivity index (χ0n) is 16.5. The van der Waals surface area contributed by atoms with Crippen molar-refractivity contribution in [2.75, 3.05) is 32.4 Å². The van der Waals surface area contributed by atoms with Crippen molar-refractivity contribution in [3.8, 4) is 28.7 Å². The first-order valence-electron chi connectivity index (χ1n) is 8.90. The molecule has 3 N–H and O–H groups in total. The third kappa shape index (κ3) is 4.78. The quantitative estimate of drug-likeness (QED) is 0.484. The molecule has 3 aromatic carbocycles. The number of nitrogen functional groups attached to an aromatic ring is 1. The Morgan fingerprint density at radius 3 is 2.07 bits per heavy atom. The summed E-state index contributed by atoms with van der Waals surface area (Å²) in [5.74, 6) is 2.85. The van der Waals surface area contributed by atoms with Crippen molar-refractivity contribution in [3.63, 3.8) is 0 Å². The van der Waals surface area contributed by atoms with Crippen LogP contribution in [0.5, 0.6) is 28.7 Å². The lowest BCUT2D eigenvalue weighted by atomic mass is 10.2. The van der Waals surface area contributed by atoms with E-state index in [0.717, 1.165) is 11.3 Å². The van der Waals surface area contributed by atoms with E-state index >= 15 is 0 Å². The van der Waals surface area contributed by atoms with Crippen LogP contribution in [0.2, 0.25) is 5.02 Å². The minimum atomic E-state index is 0.456. The molecule has 152 valence electrons. The summed E-state index contributed by atoms with van der Waals surface area (Å²) in [6, 6.07) is 16.7. The van der Waals surface area contributed by atoms with Gasteiger partial charge in [0.05, 0.1) is 32.0 Å². The standard InChI is InChI=1S/C22H23ClN2O4/c1-26-19-11-15(12-20(27-2)22(19)28-3)25-13-14-7-9-16(10-8-14)29-21-17(23)5-4-6-18(21)24/h4-12,25H,13,24H2,1-3H3. The van der Waals surface area contributed by atoms with Gasteiger partial charge in [0.25, 0.3) is 0 Å². The minimum absolute atomic E-state index is 0.456. The number of nitrogens with two attached hydrogens (primary N) is 1. The van der Waals surface area contributed by atoms with Gasteiger partial charge in [-0.1, -0.05) is 29.8 Å². The molecule has 0 saturated heterocycles. The van der Waals surface area contributed by atoms with Crippen molar-refractivity contribution in [1.82, 2.24) is 0 Å². The maximum Gasteiger partial charge on any atom is 0.203 e. The van der Waals surface area contributed by atoms with Gasteiger partial charge in [-0.25, -0.2) is 0 Å². The second-order valence-corrected chi connectivity index (χ2v) is 6.58. The van der Waals surface area contributed by atoms with Crippen LogP contribution in [0.15, 0.2) is 54.6 Å². The zero-order valence-corrected chi connectivity index (χ0v) is 17.2. The van der Waals surface area contributed by atoms with Gasteiger partial charge in [0.2, 0.25) is 5.75 Å². The molecule has 0 heterocycles. The molecule has 6 nitrogen and oxygen atoms in total. The highest BCUT2D eigenvalue weighted by molar-refractivity contribution is 6.32. The second-order valence-electron chi connectivity index (χ2n) is 6.17. The SMILES string of the molecule is COc1cc(NCc2ccc(Oc3c(N)cccc3Cl)cc2)cc(OC)c1OC. The molecule has 0 amide bonds. The number of ether oxygens (including phenoxy) is 4. The van der Waals surface area contributed by atoms with Gasteiger partial charge in [-0.05, 0) is 29.8 Å². The smallest absolute Gasteiger partial charge is 0.203 e. The molecule has 0 aliphatic heterocycles. The molecular formula is C22H23ClN2O4. The number of benzene rings is 3. The fourth-order valence-electron chi connectivity index (χ4n) is 2.81. The Labute approximate surface area is 175 Å². The highest BCUT2D eigenvalue weighted by Gasteiger charge is 2.13. The van der Waals surface area contributed by atoms with Crippen LogP contribution >= 0.6 is 11.6 Å². The fourth-order valence-corrected chi connectivity index (χ4v) is 3.03. The largest absolute Gasteiger partial charge is 0.493 e. The van der Waals surface area contributed by atoms with Gasteiger partial charge in [0.1, 0.15) is 5.75 Å². The molecular weight excluding hydrogens is 392 g/mol. The molecule has 0 saturated carbocycles. The van der Waals surface area contributed by atoms with Gasteiger partial charge in [0, 0.05) is 24.4 Å². The molecule has 3 rings (SSSR count). The maximum absolute atomic E-state index is 6.15. The first kappa shape index (κ1) is 20.5. The van der Waals surface area contributed by atoms with E-state index in [0.29, 0.717) is 46.0 Å². The summed E-state index contributed by atoms with van der Waals surface area (Å²) in [4.78, 5) is 0. The lowest BCUT2D eigenvalue weighted by Crippen LogP contribution is -2.02. The van der Waals surface area contributed by atoms with Crippen molar-refractivity contribution >= 4 is 23.0 Å². The van der Waals surface area contributed by atoms with Gasteiger partial charge >= 0.3 is 0 Å². The van der Waals surface area contributed by atoms with Gasteiger partial charge in [-0.15, -0.1) is 0 Å². The third-order valence-corrected chi connectivity index (χ3v) is 4.60. The molecule has 0 bridgehead atoms. The predicted molar refractivity (Wildman–Crippen MR) is 116 cm³/mol. The van der Waals surface area contributed by atoms with Crippen LogP contribution in [0, 0.1) is 0 Å². The van der Waals surface area contributed by atoms with E-state index in [1.54, 1.807) is 39.5 Å². The predicted octanol–water partition coefficient (Wildman–Crippen LogP) is 5.35. The molecule has 0 spiro atoms. The number of rotatable bonds is 8. The van der Waals surface area contributed by atoms with E-state index < -0.39 is 0 Å². The van der Waals surface area contributed by atoms with E-state index in [1.807, 2.05) is 36.4 Å². The highest BCUT2D eigenvalue weighted by atomic mass is 35.5. The summed E-state index contributed by atoms with van der Waals surface area (Å²) in [7, 11) is 4.75. The first-order valence-corrected chi connectivity index (χ1v) is 9.28. The third-order valence-electron chi connectivity index (χ3n) is 4.30. The summed E-state index contributed by atoms with van der Waals surface area (Å²) < 4.78 is 21.9. The number of hydrogen-bond donors (Lipinski definition) is 2. The number of nitrogens with one attached hydrogen (secondary N) is 1. The van der Waals surface area contributed by atoms with Gasteiger partial charge in [0.15, 0.2) is 17.2 Å². The topological polar surface area (TPSA) is 75.0 Å². The molecule has 0 aliphatic rings. The Bertz CT molecular complexity index is 932. The normalized spacial score (nSPS) is 10.3. The van der Waals surface area contributed by atoms with Crippen LogP contribution in [0.4, 0.5) is 11.4 Å². The Kier molecular flexibility index (Phi) is 6.57. The van der Waals surface area contributed by atoms with Crippen molar-refractivity contribution in [2.24, 2.45) is 0 Å². The Hall–Kier alpha value is -3.25. The van der Waals surface area contributed by atoms with Crippen LogP contribution in [-0.2, 0) is 6.54 Å². The van der Waals surface area contributed by atoms with Crippen molar-refractivity contribution < 1.29 is 18.9 Å². The summed E-state index contributed by atoms with van der Waals surface area (Å²) in [6.45, 7) is 0.604. The molecule has 0 radical (unpaired) electrons. The number of anilines is 2. The van der Waals surface area contributed by atoms with E-state index in [1.165, 1.54) is 0 Å². The zero-order chi connectivity index (χ0) is 20.8. The Balaban J connectivity index is 1.69. The number of halogens is 1. The number of hydrogen-bond acceptors (Lipinski definition) is 6. The molecule has 3 aromatic rings. The fraction of sp³-hybridized carbons (Fsp3) is 0.182. The van der Waals surface area contributed by atoms with Crippen LogP contribution < -0.4 is 30.0 Å². The van der Waals surface area contributed by atoms with Crippen LogP contribution in [0.25, 0.3) is 0 Å². The monoisotopic (exact) mass is 414 g/mol. The summed E-state index contributed by atoms with van der Waals surface area (Å²) in [6.07, 6.45) is 0. The number of para-hydroxylation sites is 1. The van der Waals surface area contributed by atoms with Gasteiger partial charge in [-0.2, -0.15) is 0 Å². The second kappa shape index (κ2) is 9.30. The Morgan fingerprint density at radius 1 is 0.862 bits per heavy atom. The van der Waals surface area contributed by atoms with Gasteiger partial charge < -0.3 is 30.0 Å². The molecule has 0 aliphatic carbocycles. The van der Waals surface area contributed by atoms with E-state index in [4.69, 9.17) is 36.3 Å². The van der Waals surface area contributed by atoms with Crippen LogP contribution in [0.1, 0.15) is 5.56 Å². The van der Waals surface area contributed by atoms with Crippen molar-refractivity contribution in [1.29, 1.82) is 0 Å². The molecule has 7 heteroatoms. The summed E-state index contributed by atoms with van der Waals surface area (Å²) in [5, 5.41) is 3.82. The Morgan fingerprint density at radius 2 is 1.52 bits per heavy atom. The van der Waals surface area contributed by atoms with Crippen LogP contribution in [0.3, 0.4) is 0 Å². The average Bonchev–Trinajstić information content (AvgIpc) is 2.74. The highest BCUT2D eigenvalue weighted by Crippen LogP contribution is 2.40. The van der Waals surface area contributed by atoms with E-state index in [9.17, 15) is 0 Å². The molecule has 0 fully saturated rings. The molecule has 0 atom stereocenters. The van der Waals surface area contributed by atoms with Crippen LogP contribution in [-0.4, -0.2) is 21.3 Å². The van der Waals surface area contributed by atoms with Gasteiger partial charge in [-0.3, -0.25) is 0 Å². The average molecular weight is 415 g/mol. The molecule has 0 aromatic heterocycles. The lowest BCUT2D eigenvalue weighted by Gasteiger charge is -2.15. The van der Waals surface area contributed by atoms with E-state index in [2.05, 4.69) is 5.32 Å². The van der Waals surface area contributed by atoms with Crippen molar-refractivity contribution in [3.05, 3.63) is 65.2 Å². The maximum atomic E-state index is 6.15. The van der Waals surface area contributed by atoms with E-state index in [-0.39, 0.29) is 0 Å². The minimum Gasteiger partial charge on any atom is -0.493 e. The summed E-state index contributed by atoms with van der Waals surface area (Å²) >= 11 is 6.15. The van der Waals surface area contributed by atoms with Crippen molar-refractivity contribution in [2.45, 2.75) is 6.54 Å². The molecule has 29 heavy (non-hydrogen) atoms. The first-order chi connectivity index (χ1) is 14.0. The number of methoxy groups -OCH3 is 3. The lowest BCUT2D eigenvalue weighted by molar-refractivity contribution is 0.324.